The van der Waals surface area contributed by atoms with E-state index in [1.54, 1.807) is 24.2 Å². The van der Waals surface area contributed by atoms with Gasteiger partial charge in [0.15, 0.2) is 0 Å². The topological polar surface area (TPSA) is 65.5 Å². The van der Waals surface area contributed by atoms with E-state index >= 15 is 0 Å². The molecule has 0 unspecified atom stereocenters. The quantitative estimate of drug-likeness (QED) is 0.837. The van der Waals surface area contributed by atoms with E-state index in [-0.39, 0.29) is 18.4 Å². The predicted octanol–water partition coefficient (Wildman–Crippen LogP) is -0.106. The van der Waals surface area contributed by atoms with E-state index < -0.39 is 0 Å². The maximum atomic E-state index is 12.2. The fourth-order valence-electron chi connectivity index (χ4n) is 2.18. The number of rotatable bonds is 3. The molecule has 0 atom stereocenters. The molecule has 1 N–H and O–H groups in total. The van der Waals surface area contributed by atoms with Crippen molar-refractivity contribution in [2.75, 3.05) is 39.8 Å². The Kier molecular flexibility index (Phi) is 4.68. The number of hydrogen-bond acceptors (Lipinski definition) is 4. The maximum absolute atomic E-state index is 12.2. The van der Waals surface area contributed by atoms with Crippen LogP contribution in [0.1, 0.15) is 15.9 Å². The first-order chi connectivity index (χ1) is 9.58. The monoisotopic (exact) mass is 276 g/mol. The van der Waals surface area contributed by atoms with Crippen LogP contribution >= 0.6 is 0 Å². The van der Waals surface area contributed by atoms with E-state index in [0.717, 1.165) is 18.7 Å². The van der Waals surface area contributed by atoms with Crippen LogP contribution in [0.3, 0.4) is 0 Å². The highest BCUT2D eigenvalue weighted by Crippen LogP contribution is 2.05. The number of pyridine rings is 1. The summed E-state index contributed by atoms with van der Waals surface area (Å²) in [7, 11) is 1.64. The number of nitrogens with zero attached hydrogens (tertiary/aromatic N) is 3. The molecule has 1 aliphatic rings. The average Bonchev–Trinajstić information content (AvgIpc) is 2.47. The normalized spacial score (nSPS) is 15.0. The minimum absolute atomic E-state index is 0.0111. The fourth-order valence-corrected chi connectivity index (χ4v) is 2.18. The largest absolute Gasteiger partial charge is 0.339 e. The van der Waals surface area contributed by atoms with Crippen molar-refractivity contribution >= 4 is 11.8 Å². The molecule has 0 spiro atoms. The predicted molar refractivity (Wildman–Crippen MR) is 75.4 cm³/mol. The first-order valence-electron chi connectivity index (χ1n) is 6.73. The van der Waals surface area contributed by atoms with E-state index in [1.807, 2.05) is 6.92 Å². The molecule has 6 heteroatoms. The second-order valence-electron chi connectivity index (χ2n) is 5.04. The number of amides is 2. The van der Waals surface area contributed by atoms with Gasteiger partial charge in [-0.15, -0.1) is 0 Å². The summed E-state index contributed by atoms with van der Waals surface area (Å²) in [6.45, 7) is 5.01. The van der Waals surface area contributed by atoms with Gasteiger partial charge in [-0.2, -0.15) is 0 Å². The molecule has 1 aromatic heterocycles. The zero-order valence-corrected chi connectivity index (χ0v) is 11.9. The maximum Gasteiger partial charge on any atom is 0.255 e. The number of hydrogen-bond donors (Lipinski definition) is 1. The van der Waals surface area contributed by atoms with Gasteiger partial charge < -0.3 is 15.1 Å². The van der Waals surface area contributed by atoms with Crippen molar-refractivity contribution in [3.05, 3.63) is 29.6 Å². The van der Waals surface area contributed by atoms with E-state index in [4.69, 9.17) is 0 Å². The molecule has 1 aliphatic heterocycles. The summed E-state index contributed by atoms with van der Waals surface area (Å²) in [6.07, 6.45) is 3.23. The Hall–Kier alpha value is -1.95. The van der Waals surface area contributed by atoms with E-state index in [1.165, 1.54) is 11.1 Å². The van der Waals surface area contributed by atoms with Crippen LogP contribution in [0.15, 0.2) is 18.5 Å². The lowest BCUT2D eigenvalue weighted by Crippen LogP contribution is -2.49. The summed E-state index contributed by atoms with van der Waals surface area (Å²) in [6, 6.07) is 1.78. The molecule has 1 fully saturated rings. The molecule has 20 heavy (non-hydrogen) atoms. The molecule has 2 amide bonds. The first kappa shape index (κ1) is 14.5. The third-order valence-corrected chi connectivity index (χ3v) is 3.31. The van der Waals surface area contributed by atoms with Crippen LogP contribution in [0.25, 0.3) is 0 Å². The molecule has 2 heterocycles. The highest BCUT2D eigenvalue weighted by molar-refractivity contribution is 5.96. The van der Waals surface area contributed by atoms with Gasteiger partial charge in [0.2, 0.25) is 5.91 Å². The van der Waals surface area contributed by atoms with Crippen molar-refractivity contribution in [3.8, 4) is 0 Å². The van der Waals surface area contributed by atoms with Crippen molar-refractivity contribution < 1.29 is 9.59 Å². The highest BCUT2D eigenvalue weighted by atomic mass is 16.2. The Morgan fingerprint density at radius 3 is 2.70 bits per heavy atom. The molecule has 108 valence electrons. The van der Waals surface area contributed by atoms with Gasteiger partial charge in [0.1, 0.15) is 0 Å². The number of aryl methyl sites for hydroxylation is 1. The molecule has 0 saturated carbocycles. The molecule has 2 rings (SSSR count). The number of likely N-dealkylation sites (N-methyl/N-ethyl adjacent to an activating group) is 1. The first-order valence-corrected chi connectivity index (χ1v) is 6.73. The van der Waals surface area contributed by atoms with Crippen molar-refractivity contribution in [2.45, 2.75) is 6.92 Å². The van der Waals surface area contributed by atoms with E-state index in [2.05, 4.69) is 10.3 Å². The number of nitrogens with one attached hydrogen (secondary N) is 1. The van der Waals surface area contributed by atoms with Crippen LogP contribution in [0, 0.1) is 6.92 Å². The minimum Gasteiger partial charge on any atom is -0.339 e. The fraction of sp³-hybridized carbons (Fsp3) is 0.500. The summed E-state index contributed by atoms with van der Waals surface area (Å²) < 4.78 is 0. The summed E-state index contributed by atoms with van der Waals surface area (Å²) in [5.74, 6) is -0.187. The standard InChI is InChI=1S/C14H20N4O2/c1-11-7-12(9-16-8-11)14(20)17(2)10-13(19)18-5-3-15-4-6-18/h7-9,15H,3-6,10H2,1-2H3. The molecule has 0 radical (unpaired) electrons. The molecular weight excluding hydrogens is 256 g/mol. The number of carbonyl (C=O) groups excluding carboxylic acids is 2. The van der Waals surface area contributed by atoms with Gasteiger partial charge in [-0.1, -0.05) is 0 Å². The van der Waals surface area contributed by atoms with Crippen molar-refractivity contribution in [1.82, 2.24) is 20.1 Å². The van der Waals surface area contributed by atoms with Crippen LogP contribution in [0.4, 0.5) is 0 Å². The Morgan fingerprint density at radius 1 is 1.35 bits per heavy atom. The summed E-state index contributed by atoms with van der Waals surface area (Å²) in [5, 5.41) is 3.20. The van der Waals surface area contributed by atoms with Crippen LogP contribution in [0.5, 0.6) is 0 Å². The molecule has 1 aromatic rings. The van der Waals surface area contributed by atoms with Gasteiger partial charge in [-0.3, -0.25) is 14.6 Å². The Morgan fingerprint density at radius 2 is 2.05 bits per heavy atom. The van der Waals surface area contributed by atoms with Gasteiger partial charge in [0.05, 0.1) is 12.1 Å². The number of carbonyl (C=O) groups is 2. The van der Waals surface area contributed by atoms with E-state index in [0.29, 0.717) is 18.7 Å². The second kappa shape index (κ2) is 6.47. The summed E-state index contributed by atoms with van der Waals surface area (Å²) in [4.78, 5) is 31.6. The lowest BCUT2D eigenvalue weighted by atomic mass is 10.2. The molecule has 0 aliphatic carbocycles. The lowest BCUT2D eigenvalue weighted by Gasteiger charge is -2.29. The highest BCUT2D eigenvalue weighted by Gasteiger charge is 2.20. The molecule has 6 nitrogen and oxygen atoms in total. The van der Waals surface area contributed by atoms with Gasteiger partial charge in [-0.25, -0.2) is 0 Å². The van der Waals surface area contributed by atoms with E-state index in [9.17, 15) is 9.59 Å². The second-order valence-corrected chi connectivity index (χ2v) is 5.04. The van der Waals surface area contributed by atoms with Crippen LogP contribution in [-0.2, 0) is 4.79 Å². The molecule has 1 saturated heterocycles. The van der Waals surface area contributed by atoms with Crippen LogP contribution in [-0.4, -0.2) is 66.4 Å². The lowest BCUT2D eigenvalue weighted by molar-refractivity contribution is -0.132. The third-order valence-electron chi connectivity index (χ3n) is 3.31. The van der Waals surface area contributed by atoms with Crippen molar-refractivity contribution in [2.24, 2.45) is 0 Å². The SMILES string of the molecule is Cc1cncc(C(=O)N(C)CC(=O)N2CCNCC2)c1. The van der Waals surface area contributed by atoms with Gasteiger partial charge in [0, 0.05) is 45.6 Å². The number of aromatic nitrogens is 1. The average molecular weight is 276 g/mol. The van der Waals surface area contributed by atoms with Crippen molar-refractivity contribution in [1.29, 1.82) is 0 Å². The van der Waals surface area contributed by atoms with Crippen LogP contribution in [0.2, 0.25) is 0 Å². The molecule has 0 bridgehead atoms. The Bertz CT molecular complexity index is 498. The molecule has 0 aromatic carbocycles. The summed E-state index contributed by atoms with van der Waals surface area (Å²) >= 11 is 0. The third kappa shape index (κ3) is 3.54. The van der Waals surface area contributed by atoms with Crippen molar-refractivity contribution in [3.63, 3.8) is 0 Å². The minimum atomic E-state index is -0.176. The smallest absolute Gasteiger partial charge is 0.255 e. The van der Waals surface area contributed by atoms with Crippen LogP contribution < -0.4 is 5.32 Å². The Labute approximate surface area is 118 Å². The van der Waals surface area contributed by atoms with Gasteiger partial charge >= 0.3 is 0 Å². The number of piperazine rings is 1. The Balaban J connectivity index is 1.95. The van der Waals surface area contributed by atoms with Gasteiger partial charge in [-0.05, 0) is 18.6 Å². The molecular formula is C14H20N4O2. The zero-order chi connectivity index (χ0) is 14.5. The zero-order valence-electron chi connectivity index (χ0n) is 11.9. The van der Waals surface area contributed by atoms with Gasteiger partial charge in [0.25, 0.3) is 5.91 Å². The summed E-state index contributed by atoms with van der Waals surface area (Å²) in [5.41, 5.74) is 1.44.